The van der Waals surface area contributed by atoms with Gasteiger partial charge in [-0.1, -0.05) is 5.16 Å². The van der Waals surface area contributed by atoms with Gasteiger partial charge in [0.05, 0.1) is 35.3 Å². The average Bonchev–Trinajstić information content (AvgIpc) is 3.58. The van der Waals surface area contributed by atoms with Gasteiger partial charge in [-0.05, 0) is 63.7 Å². The summed E-state index contributed by atoms with van der Waals surface area (Å²) in [5.41, 5.74) is 5.56. The van der Waals surface area contributed by atoms with E-state index in [9.17, 15) is 0 Å². The van der Waals surface area contributed by atoms with Crippen molar-refractivity contribution in [2.75, 3.05) is 31.3 Å². The fourth-order valence-electron chi connectivity index (χ4n) is 4.99. The average molecular weight is 481 g/mol. The van der Waals surface area contributed by atoms with Gasteiger partial charge in [0, 0.05) is 30.5 Å². The minimum absolute atomic E-state index is 0.0695. The number of fused-ring (bicyclic) bond motifs is 1. The number of ether oxygens (including phenoxy) is 2. The van der Waals surface area contributed by atoms with Crippen molar-refractivity contribution in [3.8, 4) is 22.5 Å². The van der Waals surface area contributed by atoms with Gasteiger partial charge in [0.1, 0.15) is 22.8 Å². The maximum Gasteiger partial charge on any atom is 0.150 e. The zero-order valence-electron chi connectivity index (χ0n) is 19.7. The smallest absolute Gasteiger partial charge is 0.150 e. The zero-order chi connectivity index (χ0) is 23.2. The highest BCUT2D eigenvalue weighted by Gasteiger charge is 2.28. The summed E-state index contributed by atoms with van der Waals surface area (Å²) in [4.78, 5) is 7.48. The van der Waals surface area contributed by atoms with E-state index in [0.29, 0.717) is 13.2 Å². The predicted octanol–water partition coefficient (Wildman–Crippen LogP) is 4.75. The molecule has 1 unspecified atom stereocenters. The van der Waals surface area contributed by atoms with E-state index in [2.05, 4.69) is 28.1 Å². The molecule has 0 radical (unpaired) electrons. The van der Waals surface area contributed by atoms with Crippen molar-refractivity contribution < 1.29 is 14.0 Å². The lowest BCUT2D eigenvalue weighted by molar-refractivity contribution is -0.0383. The lowest BCUT2D eigenvalue weighted by Crippen LogP contribution is -2.44. The first-order valence-electron chi connectivity index (χ1n) is 11.9. The van der Waals surface area contributed by atoms with Gasteiger partial charge in [0.2, 0.25) is 0 Å². The predicted molar refractivity (Wildman–Crippen MR) is 130 cm³/mol. The Hall–Kier alpha value is -2.82. The maximum absolute atomic E-state index is 6.03. The van der Waals surface area contributed by atoms with Crippen molar-refractivity contribution in [1.29, 1.82) is 0 Å². The normalized spacial score (nSPS) is 21.4. The summed E-state index contributed by atoms with van der Waals surface area (Å²) in [6.07, 6.45) is 4.93. The van der Waals surface area contributed by atoms with Crippen molar-refractivity contribution in [3.05, 3.63) is 29.8 Å². The second-order valence-corrected chi connectivity index (χ2v) is 9.81. The molecular weight excluding hydrogens is 452 g/mol. The summed E-state index contributed by atoms with van der Waals surface area (Å²) in [6.45, 7) is 9.02. The lowest BCUT2D eigenvalue weighted by Gasteiger charge is -2.34. The molecule has 0 saturated carbocycles. The standard InChI is InChI=1S/C24H28N6O3S/c1-14-13-31-11-9-29(14)19-12-17(21-15(2)27-33-16(21)3)24-23(26-19)22(28-34-24)18-7-8-25-30(18)20-6-4-5-10-32-20/h7-8,12,14,20H,4-6,9-11,13H2,1-3H3/t14-,20?/m1/s1. The van der Waals surface area contributed by atoms with Crippen LogP contribution in [-0.2, 0) is 9.47 Å². The molecule has 2 atom stereocenters. The van der Waals surface area contributed by atoms with Gasteiger partial charge in [-0.3, -0.25) is 0 Å². The Balaban J connectivity index is 1.55. The largest absolute Gasteiger partial charge is 0.377 e. The number of aryl methyl sites for hydroxylation is 2. The molecule has 34 heavy (non-hydrogen) atoms. The number of rotatable bonds is 4. The van der Waals surface area contributed by atoms with Crippen molar-refractivity contribution in [2.45, 2.75) is 52.3 Å². The summed E-state index contributed by atoms with van der Waals surface area (Å²) in [5.74, 6) is 1.71. The van der Waals surface area contributed by atoms with E-state index in [1.165, 1.54) is 11.5 Å². The lowest BCUT2D eigenvalue weighted by atomic mass is 10.0. The number of hydrogen-bond donors (Lipinski definition) is 0. The van der Waals surface area contributed by atoms with E-state index in [1.54, 1.807) is 0 Å². The number of morpholine rings is 1. The van der Waals surface area contributed by atoms with Gasteiger partial charge in [-0.15, -0.1) is 0 Å². The van der Waals surface area contributed by atoms with Crippen LogP contribution in [0, 0.1) is 13.8 Å². The molecule has 0 spiro atoms. The third-order valence-electron chi connectivity index (χ3n) is 6.72. The molecule has 178 valence electrons. The molecule has 0 amide bonds. The van der Waals surface area contributed by atoms with Crippen LogP contribution in [0.1, 0.15) is 43.9 Å². The molecule has 2 aliphatic rings. The van der Waals surface area contributed by atoms with Crippen LogP contribution in [0.3, 0.4) is 0 Å². The van der Waals surface area contributed by atoms with Crippen LogP contribution < -0.4 is 4.90 Å². The number of hydrogen-bond acceptors (Lipinski definition) is 9. The van der Waals surface area contributed by atoms with Crippen LogP contribution in [0.4, 0.5) is 5.82 Å². The van der Waals surface area contributed by atoms with E-state index in [4.69, 9.17) is 23.4 Å². The molecule has 10 heteroatoms. The summed E-state index contributed by atoms with van der Waals surface area (Å²) in [5, 5.41) is 8.82. The summed E-state index contributed by atoms with van der Waals surface area (Å²) in [7, 11) is 0. The molecule has 6 rings (SSSR count). The third-order valence-corrected chi connectivity index (χ3v) is 7.59. The van der Waals surface area contributed by atoms with Crippen LogP contribution in [0.5, 0.6) is 0 Å². The summed E-state index contributed by atoms with van der Waals surface area (Å²) >= 11 is 1.46. The summed E-state index contributed by atoms with van der Waals surface area (Å²) < 4.78 is 25.1. The number of aromatic nitrogens is 5. The van der Waals surface area contributed by atoms with E-state index in [1.807, 2.05) is 30.8 Å². The molecule has 4 aromatic rings. The second-order valence-electron chi connectivity index (χ2n) is 9.04. The van der Waals surface area contributed by atoms with Crippen molar-refractivity contribution in [1.82, 2.24) is 24.3 Å². The first kappa shape index (κ1) is 21.7. The molecule has 0 N–H and O–H groups in total. The van der Waals surface area contributed by atoms with Gasteiger partial charge in [0.25, 0.3) is 0 Å². The SMILES string of the molecule is Cc1noc(C)c1-c1cc(N2CCOC[C@H]2C)nc2c(-c3ccnn3C3CCCCO3)nsc12. The van der Waals surface area contributed by atoms with Gasteiger partial charge in [0.15, 0.2) is 6.23 Å². The fourth-order valence-corrected chi connectivity index (χ4v) is 5.84. The van der Waals surface area contributed by atoms with Crippen LogP contribution in [0.2, 0.25) is 0 Å². The topological polar surface area (TPSA) is 91.3 Å². The highest BCUT2D eigenvalue weighted by atomic mass is 32.1. The van der Waals surface area contributed by atoms with Crippen molar-refractivity contribution in [2.24, 2.45) is 0 Å². The van der Waals surface area contributed by atoms with E-state index < -0.39 is 0 Å². The second kappa shape index (κ2) is 8.75. The van der Waals surface area contributed by atoms with Gasteiger partial charge < -0.3 is 18.9 Å². The first-order valence-corrected chi connectivity index (χ1v) is 12.6. The molecule has 2 fully saturated rings. The Morgan fingerprint density at radius 2 is 2.09 bits per heavy atom. The Kier molecular flexibility index (Phi) is 5.59. The minimum Gasteiger partial charge on any atom is -0.377 e. The quantitative estimate of drug-likeness (QED) is 0.413. The first-order chi connectivity index (χ1) is 16.6. The fraction of sp³-hybridized carbons (Fsp3) is 0.500. The molecule has 0 bridgehead atoms. The van der Waals surface area contributed by atoms with Crippen molar-refractivity contribution >= 4 is 27.6 Å². The molecule has 6 heterocycles. The Morgan fingerprint density at radius 3 is 2.85 bits per heavy atom. The van der Waals surface area contributed by atoms with Crippen LogP contribution >= 0.6 is 11.5 Å². The highest BCUT2D eigenvalue weighted by molar-refractivity contribution is 7.14. The molecule has 2 saturated heterocycles. The molecule has 2 aliphatic heterocycles. The van der Waals surface area contributed by atoms with Crippen LogP contribution in [0.15, 0.2) is 22.9 Å². The number of nitrogens with zero attached hydrogens (tertiary/aromatic N) is 6. The Morgan fingerprint density at radius 1 is 1.18 bits per heavy atom. The molecule has 0 aromatic carbocycles. The van der Waals surface area contributed by atoms with E-state index in [-0.39, 0.29) is 12.3 Å². The molecule has 4 aromatic heterocycles. The third kappa shape index (κ3) is 3.60. The van der Waals surface area contributed by atoms with Crippen LogP contribution in [-0.4, -0.2) is 56.7 Å². The van der Waals surface area contributed by atoms with E-state index >= 15 is 0 Å². The van der Waals surface area contributed by atoms with Gasteiger partial charge in [-0.2, -0.15) is 9.47 Å². The maximum atomic E-state index is 6.03. The summed E-state index contributed by atoms with van der Waals surface area (Å²) in [6, 6.07) is 4.39. The van der Waals surface area contributed by atoms with Crippen molar-refractivity contribution in [3.63, 3.8) is 0 Å². The Labute approximate surface area is 201 Å². The number of pyridine rings is 1. The van der Waals surface area contributed by atoms with E-state index in [0.717, 1.165) is 82.4 Å². The Bertz CT molecular complexity index is 1300. The number of anilines is 1. The monoisotopic (exact) mass is 480 g/mol. The molecule has 0 aliphatic carbocycles. The minimum atomic E-state index is -0.0695. The van der Waals surface area contributed by atoms with Crippen LogP contribution in [0.25, 0.3) is 32.7 Å². The van der Waals surface area contributed by atoms with Gasteiger partial charge >= 0.3 is 0 Å². The van der Waals surface area contributed by atoms with Gasteiger partial charge in [-0.25, -0.2) is 9.67 Å². The molecular formula is C24H28N6O3S. The molecule has 9 nitrogen and oxygen atoms in total. The zero-order valence-corrected chi connectivity index (χ0v) is 20.5. The highest BCUT2D eigenvalue weighted by Crippen LogP contribution is 2.41.